The summed E-state index contributed by atoms with van der Waals surface area (Å²) in [5.74, 6) is -1.51. The second kappa shape index (κ2) is 9.13. The average Bonchev–Trinajstić information content (AvgIpc) is 3.35. The van der Waals surface area contributed by atoms with Gasteiger partial charge in [0.15, 0.2) is 5.82 Å². The summed E-state index contributed by atoms with van der Waals surface area (Å²) in [5.41, 5.74) is -1.61. The third-order valence-corrected chi connectivity index (χ3v) is 5.71. The lowest BCUT2D eigenvalue weighted by Crippen LogP contribution is -2.42. The zero-order valence-electron chi connectivity index (χ0n) is 17.1. The molecule has 0 aromatic carbocycles. The van der Waals surface area contributed by atoms with Crippen LogP contribution in [0.5, 0.6) is 11.8 Å². The first-order chi connectivity index (χ1) is 13.6. The van der Waals surface area contributed by atoms with Gasteiger partial charge >= 0.3 is 6.18 Å². The molecule has 1 aromatic heterocycles. The highest BCUT2D eigenvalue weighted by atomic mass is 35.5. The fourth-order valence-corrected chi connectivity index (χ4v) is 3.56. The maximum absolute atomic E-state index is 14.4. The number of pyridine rings is 1. The van der Waals surface area contributed by atoms with Crippen molar-refractivity contribution >= 4 is 18.3 Å². The number of carbonyl (C=O) groups is 1. The molecule has 0 radical (unpaired) electrons. The van der Waals surface area contributed by atoms with Gasteiger partial charge in [-0.15, -0.1) is 12.4 Å². The van der Waals surface area contributed by atoms with E-state index >= 15 is 0 Å². The SMILES string of the molecule is COc1nc(OCC2(C(F)(F)F)CC2)c(F)cc1CN(C)C(=O)[C@@H]1CCCN1C.Cl. The number of hydrogen-bond acceptors (Lipinski definition) is 5. The Morgan fingerprint density at radius 3 is 2.53 bits per heavy atom. The number of nitrogens with zero attached hydrogens (tertiary/aromatic N) is 3. The summed E-state index contributed by atoms with van der Waals surface area (Å²) in [7, 11) is 4.81. The molecule has 1 aliphatic carbocycles. The van der Waals surface area contributed by atoms with Crippen molar-refractivity contribution in [2.75, 3.05) is 34.4 Å². The number of carbonyl (C=O) groups excluding carboxylic acids is 1. The van der Waals surface area contributed by atoms with Gasteiger partial charge in [-0.2, -0.15) is 18.2 Å². The van der Waals surface area contributed by atoms with Gasteiger partial charge in [0.05, 0.1) is 19.7 Å². The molecule has 0 bridgehead atoms. The molecule has 2 fully saturated rings. The van der Waals surface area contributed by atoms with Crippen LogP contribution in [0, 0.1) is 11.2 Å². The lowest BCUT2D eigenvalue weighted by Gasteiger charge is -2.26. The van der Waals surface area contributed by atoms with E-state index in [1.807, 2.05) is 11.9 Å². The first-order valence-electron chi connectivity index (χ1n) is 9.46. The number of alkyl halides is 3. The van der Waals surface area contributed by atoms with Crippen molar-refractivity contribution in [1.82, 2.24) is 14.8 Å². The lowest BCUT2D eigenvalue weighted by atomic mass is 10.1. The minimum absolute atomic E-state index is 0. The number of likely N-dealkylation sites (N-methyl/N-ethyl adjacent to an activating group) is 2. The highest BCUT2D eigenvalue weighted by Gasteiger charge is 2.64. The van der Waals surface area contributed by atoms with Crippen LogP contribution in [-0.2, 0) is 11.3 Å². The maximum Gasteiger partial charge on any atom is 0.397 e. The van der Waals surface area contributed by atoms with Crippen molar-refractivity contribution in [2.45, 2.75) is 44.4 Å². The van der Waals surface area contributed by atoms with Crippen LogP contribution in [0.3, 0.4) is 0 Å². The van der Waals surface area contributed by atoms with Gasteiger partial charge < -0.3 is 14.4 Å². The summed E-state index contributed by atoms with van der Waals surface area (Å²) in [6, 6.07) is 0.875. The summed E-state index contributed by atoms with van der Waals surface area (Å²) in [6.07, 6.45) is -2.79. The highest BCUT2D eigenvalue weighted by molar-refractivity contribution is 5.85. The number of hydrogen-bond donors (Lipinski definition) is 0. The Labute approximate surface area is 178 Å². The molecule has 0 spiro atoms. The first kappa shape index (κ1) is 24.5. The Balaban J connectivity index is 0.00000320. The maximum atomic E-state index is 14.4. The number of likely N-dealkylation sites (tertiary alicyclic amines) is 1. The fraction of sp³-hybridized carbons (Fsp3) is 0.684. The number of aromatic nitrogens is 1. The Kier molecular flexibility index (Phi) is 7.45. The Hall–Kier alpha value is -1.81. The van der Waals surface area contributed by atoms with E-state index in [1.165, 1.54) is 12.0 Å². The summed E-state index contributed by atoms with van der Waals surface area (Å²) >= 11 is 0. The summed E-state index contributed by atoms with van der Waals surface area (Å²) in [4.78, 5) is 20.0. The molecule has 3 rings (SSSR count). The molecular weight excluding hydrogens is 430 g/mol. The van der Waals surface area contributed by atoms with Crippen molar-refractivity contribution in [2.24, 2.45) is 5.41 Å². The van der Waals surface area contributed by atoms with Gasteiger partial charge in [0, 0.05) is 12.6 Å². The predicted octanol–water partition coefficient (Wildman–Crippen LogP) is 3.43. The zero-order chi connectivity index (χ0) is 21.4. The fourth-order valence-electron chi connectivity index (χ4n) is 3.56. The Morgan fingerprint density at radius 1 is 1.37 bits per heavy atom. The van der Waals surface area contributed by atoms with Gasteiger partial charge in [0.25, 0.3) is 5.88 Å². The normalized spacial score (nSPS) is 20.4. The van der Waals surface area contributed by atoms with Crippen molar-refractivity contribution < 1.29 is 31.8 Å². The molecule has 2 aliphatic rings. The first-order valence-corrected chi connectivity index (χ1v) is 9.46. The van der Waals surface area contributed by atoms with Gasteiger partial charge in [0.1, 0.15) is 12.0 Å². The van der Waals surface area contributed by atoms with Crippen LogP contribution in [-0.4, -0.2) is 67.3 Å². The minimum atomic E-state index is -4.40. The van der Waals surface area contributed by atoms with Crippen molar-refractivity contribution in [3.8, 4) is 11.8 Å². The Bertz CT molecular complexity index is 774. The molecule has 1 aromatic rings. The highest BCUT2D eigenvalue weighted by Crippen LogP contribution is 2.57. The molecule has 1 saturated heterocycles. The molecule has 0 unspecified atom stereocenters. The summed E-state index contributed by atoms with van der Waals surface area (Å²) in [6.45, 7) is 0.216. The zero-order valence-corrected chi connectivity index (χ0v) is 17.9. The van der Waals surface area contributed by atoms with E-state index in [4.69, 9.17) is 9.47 Å². The van der Waals surface area contributed by atoms with E-state index in [2.05, 4.69) is 4.98 Å². The van der Waals surface area contributed by atoms with Crippen LogP contribution in [0.2, 0.25) is 0 Å². The van der Waals surface area contributed by atoms with E-state index in [9.17, 15) is 22.4 Å². The van der Waals surface area contributed by atoms with E-state index in [-0.39, 0.29) is 49.6 Å². The third kappa shape index (κ3) is 4.91. The van der Waals surface area contributed by atoms with E-state index in [1.54, 1.807) is 7.05 Å². The van der Waals surface area contributed by atoms with Crippen LogP contribution < -0.4 is 9.47 Å². The van der Waals surface area contributed by atoms with Gasteiger partial charge in [-0.3, -0.25) is 9.69 Å². The molecule has 30 heavy (non-hydrogen) atoms. The molecule has 11 heteroatoms. The lowest BCUT2D eigenvalue weighted by molar-refractivity contribution is -0.194. The molecule has 1 saturated carbocycles. The van der Waals surface area contributed by atoms with E-state index < -0.39 is 29.9 Å². The van der Waals surface area contributed by atoms with E-state index in [0.29, 0.717) is 5.56 Å². The molecule has 1 atom stereocenters. The number of halogens is 5. The van der Waals surface area contributed by atoms with Crippen molar-refractivity contribution in [3.63, 3.8) is 0 Å². The second-order valence-corrected chi connectivity index (χ2v) is 7.84. The standard InChI is InChI=1S/C19H25F4N3O3.ClH/c1-25-8-4-5-14(25)17(27)26(2)10-12-9-13(20)16(24-15(12)28-3)29-11-18(6-7-18)19(21,22)23;/h9,14H,4-8,10-11H2,1-3H3;1H/t14-;/m0./s1. The molecule has 2 heterocycles. The van der Waals surface area contributed by atoms with Crippen LogP contribution in [0.25, 0.3) is 0 Å². The number of amides is 1. The second-order valence-electron chi connectivity index (χ2n) is 7.84. The quantitative estimate of drug-likeness (QED) is 0.590. The van der Waals surface area contributed by atoms with Gasteiger partial charge in [-0.05, 0) is 45.3 Å². The number of methoxy groups -OCH3 is 1. The summed E-state index contributed by atoms with van der Waals surface area (Å²) < 4.78 is 63.7. The summed E-state index contributed by atoms with van der Waals surface area (Å²) in [5, 5.41) is 0. The minimum Gasteiger partial charge on any atom is -0.481 e. The van der Waals surface area contributed by atoms with Gasteiger partial charge in [0.2, 0.25) is 11.8 Å². The molecular formula is C19H26ClF4N3O3. The van der Waals surface area contributed by atoms with Crippen molar-refractivity contribution in [3.05, 3.63) is 17.4 Å². The molecule has 1 aliphatic heterocycles. The topological polar surface area (TPSA) is 54.9 Å². The largest absolute Gasteiger partial charge is 0.481 e. The van der Waals surface area contributed by atoms with Gasteiger partial charge in [-0.25, -0.2) is 4.39 Å². The Morgan fingerprint density at radius 2 is 2.03 bits per heavy atom. The number of ether oxygens (including phenoxy) is 2. The van der Waals surface area contributed by atoms with Crippen LogP contribution >= 0.6 is 12.4 Å². The molecule has 6 nitrogen and oxygen atoms in total. The third-order valence-electron chi connectivity index (χ3n) is 5.71. The van der Waals surface area contributed by atoms with Crippen LogP contribution in [0.1, 0.15) is 31.2 Å². The molecule has 1 amide bonds. The van der Waals surface area contributed by atoms with Crippen LogP contribution in [0.15, 0.2) is 6.07 Å². The predicted molar refractivity (Wildman–Crippen MR) is 103 cm³/mol. The van der Waals surface area contributed by atoms with Gasteiger partial charge in [-0.1, -0.05) is 0 Å². The van der Waals surface area contributed by atoms with E-state index in [0.717, 1.165) is 25.5 Å². The van der Waals surface area contributed by atoms with Crippen molar-refractivity contribution in [1.29, 1.82) is 0 Å². The monoisotopic (exact) mass is 455 g/mol. The number of rotatable bonds is 7. The molecule has 170 valence electrons. The smallest absolute Gasteiger partial charge is 0.397 e. The molecule has 0 N–H and O–H groups in total. The van der Waals surface area contributed by atoms with Crippen LogP contribution in [0.4, 0.5) is 17.6 Å². The average molecular weight is 456 g/mol.